The second-order valence-corrected chi connectivity index (χ2v) is 7.73. The van der Waals surface area contributed by atoms with Crippen LogP contribution in [0.1, 0.15) is 36.0 Å². The van der Waals surface area contributed by atoms with Crippen LogP contribution in [0.15, 0.2) is 35.3 Å². The van der Waals surface area contributed by atoms with Gasteiger partial charge in [0.1, 0.15) is 6.54 Å². The molecular weight excluding hydrogens is 370 g/mol. The van der Waals surface area contributed by atoms with E-state index in [1.165, 1.54) is 11.9 Å². The minimum absolute atomic E-state index is 0.0368. The van der Waals surface area contributed by atoms with Crippen LogP contribution in [-0.2, 0) is 4.79 Å². The number of carbonyl (C=O) groups is 3. The molecule has 0 radical (unpaired) electrons. The summed E-state index contributed by atoms with van der Waals surface area (Å²) >= 11 is 0. The summed E-state index contributed by atoms with van der Waals surface area (Å²) < 4.78 is 2.15. The van der Waals surface area contributed by atoms with Crippen LogP contribution in [0.2, 0.25) is 0 Å². The molecule has 3 heterocycles. The van der Waals surface area contributed by atoms with Gasteiger partial charge < -0.3 is 0 Å². The second kappa shape index (κ2) is 7.77. The number of imide groups is 1. The third kappa shape index (κ3) is 3.43. The fraction of sp³-hybridized carbons (Fsp3) is 0.476. The third-order valence-corrected chi connectivity index (χ3v) is 5.81. The first-order valence-electron chi connectivity index (χ1n) is 10.1. The molecule has 0 aliphatic carbocycles. The molecule has 0 bridgehead atoms. The van der Waals surface area contributed by atoms with E-state index in [0.29, 0.717) is 17.4 Å². The Kier molecular flexibility index (Phi) is 5.17. The number of fused-ring (bicyclic) bond motifs is 1. The lowest BCUT2D eigenvalue weighted by Gasteiger charge is -2.33. The zero-order chi connectivity index (χ0) is 20.5. The van der Waals surface area contributed by atoms with Crippen LogP contribution in [0.3, 0.4) is 0 Å². The number of Topliss-reactive ketones (excluding diaryl/α,β-unsaturated/α-hetero) is 1. The Morgan fingerprint density at radius 3 is 2.34 bits per heavy atom. The molecule has 2 saturated heterocycles. The van der Waals surface area contributed by atoms with Gasteiger partial charge in [-0.15, -0.1) is 0 Å². The lowest BCUT2D eigenvalue weighted by Crippen LogP contribution is -2.63. The molecule has 0 aromatic heterocycles. The number of urea groups is 1. The fourth-order valence-electron chi connectivity index (χ4n) is 4.14. The van der Waals surface area contributed by atoms with Gasteiger partial charge in [0.2, 0.25) is 11.9 Å². The first kappa shape index (κ1) is 19.3. The monoisotopic (exact) mass is 396 g/mol. The molecule has 3 aliphatic heterocycles. The molecule has 3 amide bonds. The van der Waals surface area contributed by atoms with Gasteiger partial charge in [0.25, 0.3) is 5.91 Å². The Morgan fingerprint density at radius 1 is 1.03 bits per heavy atom. The largest absolute Gasteiger partial charge is 0.392 e. The summed E-state index contributed by atoms with van der Waals surface area (Å²) in [5.41, 5.74) is 0.595. The zero-order valence-corrected chi connectivity index (χ0v) is 16.9. The number of amidine groups is 1. The number of rotatable bonds is 3. The molecule has 152 valence electrons. The highest BCUT2D eigenvalue weighted by Crippen LogP contribution is 2.24. The number of aliphatic imine (C=N–C) groups is 1. The van der Waals surface area contributed by atoms with E-state index < -0.39 is 12.1 Å². The van der Waals surface area contributed by atoms with Gasteiger partial charge >= 0.3 is 12.0 Å². The standard InChI is InChI=1S/C21H26N5O3/c1-23-18-17(19(28)24(2)21(23)29)26(14-16(27)15-10-6-5-7-11-15)20(22-18)25-12-8-3-4-9-13-25/h5-7,10-11,17H,3-4,8-9,12-14H2,1-2H3/q+1. The molecule has 0 saturated carbocycles. The number of guanidine groups is 1. The molecule has 0 N–H and O–H groups in total. The SMILES string of the molecule is CN1C(=O)C2C(=NC(=[N+]3CCCCCC3)N2CC(=O)c2ccccc2)N(C)C1=O. The van der Waals surface area contributed by atoms with Gasteiger partial charge in [-0.25, -0.2) is 9.69 Å². The normalized spacial score (nSPS) is 22.6. The van der Waals surface area contributed by atoms with Gasteiger partial charge in [0.15, 0.2) is 5.78 Å². The summed E-state index contributed by atoms with van der Waals surface area (Å²) in [6.45, 7) is 1.70. The van der Waals surface area contributed by atoms with Crippen molar-refractivity contribution in [1.82, 2.24) is 14.7 Å². The topological polar surface area (TPSA) is 76.3 Å². The predicted molar refractivity (Wildman–Crippen MR) is 108 cm³/mol. The Morgan fingerprint density at radius 2 is 1.69 bits per heavy atom. The molecule has 1 aromatic rings. The van der Waals surface area contributed by atoms with Crippen molar-refractivity contribution in [2.24, 2.45) is 4.99 Å². The first-order chi connectivity index (χ1) is 14.0. The first-order valence-corrected chi connectivity index (χ1v) is 10.1. The van der Waals surface area contributed by atoms with Crippen molar-refractivity contribution in [3.05, 3.63) is 35.9 Å². The predicted octanol–water partition coefficient (Wildman–Crippen LogP) is 1.42. The van der Waals surface area contributed by atoms with Crippen molar-refractivity contribution in [2.75, 3.05) is 33.7 Å². The van der Waals surface area contributed by atoms with Crippen molar-refractivity contribution in [3.63, 3.8) is 0 Å². The van der Waals surface area contributed by atoms with E-state index >= 15 is 0 Å². The maximum atomic E-state index is 13.0. The summed E-state index contributed by atoms with van der Waals surface area (Å²) in [5.74, 6) is 0.597. The quantitative estimate of drug-likeness (QED) is 0.572. The molecule has 29 heavy (non-hydrogen) atoms. The number of likely N-dealkylation sites (N-methyl/N-ethyl adjacent to an activating group) is 2. The van der Waals surface area contributed by atoms with E-state index in [0.717, 1.165) is 43.7 Å². The Labute approximate surface area is 170 Å². The van der Waals surface area contributed by atoms with Gasteiger partial charge in [-0.1, -0.05) is 48.2 Å². The van der Waals surface area contributed by atoms with Crippen molar-refractivity contribution in [1.29, 1.82) is 0 Å². The molecule has 0 spiro atoms. The number of benzene rings is 1. The van der Waals surface area contributed by atoms with E-state index in [1.807, 2.05) is 18.2 Å². The van der Waals surface area contributed by atoms with Crippen LogP contribution < -0.4 is 0 Å². The highest BCUT2D eigenvalue weighted by atomic mass is 16.2. The van der Waals surface area contributed by atoms with Crippen LogP contribution in [-0.4, -0.2) is 88.6 Å². The number of nitrogens with zero attached hydrogens (tertiary/aromatic N) is 5. The lowest BCUT2D eigenvalue weighted by atomic mass is 10.1. The van der Waals surface area contributed by atoms with Gasteiger partial charge in [0, 0.05) is 19.7 Å². The van der Waals surface area contributed by atoms with Gasteiger partial charge in [-0.3, -0.25) is 24.0 Å². The molecule has 2 fully saturated rings. The number of hydrogen-bond acceptors (Lipinski definition) is 3. The molecule has 1 unspecified atom stereocenters. The summed E-state index contributed by atoms with van der Waals surface area (Å²) in [4.78, 5) is 47.4. The second-order valence-electron chi connectivity index (χ2n) is 7.73. The number of hydrogen-bond donors (Lipinski definition) is 0. The average molecular weight is 396 g/mol. The van der Waals surface area contributed by atoms with E-state index in [1.54, 1.807) is 24.1 Å². The fourth-order valence-corrected chi connectivity index (χ4v) is 4.14. The highest BCUT2D eigenvalue weighted by molar-refractivity contribution is 6.25. The van der Waals surface area contributed by atoms with Crippen molar-refractivity contribution >= 4 is 29.5 Å². The zero-order valence-electron chi connectivity index (χ0n) is 16.9. The summed E-state index contributed by atoms with van der Waals surface area (Å²) in [6.07, 6.45) is 4.41. The third-order valence-electron chi connectivity index (χ3n) is 5.81. The smallest absolute Gasteiger partial charge is 0.291 e. The van der Waals surface area contributed by atoms with Crippen molar-refractivity contribution < 1.29 is 19.0 Å². The summed E-state index contributed by atoms with van der Waals surface area (Å²) in [7, 11) is 3.10. The van der Waals surface area contributed by atoms with E-state index in [-0.39, 0.29) is 18.2 Å². The molecule has 8 nitrogen and oxygen atoms in total. The van der Waals surface area contributed by atoms with E-state index in [9.17, 15) is 14.4 Å². The van der Waals surface area contributed by atoms with Gasteiger partial charge in [-0.2, -0.15) is 0 Å². The summed E-state index contributed by atoms with van der Waals surface area (Å²) in [6, 6.07) is 7.90. The minimum Gasteiger partial charge on any atom is -0.291 e. The van der Waals surface area contributed by atoms with Gasteiger partial charge in [0.05, 0.1) is 13.1 Å². The summed E-state index contributed by atoms with van der Waals surface area (Å²) in [5, 5.41) is 0. The highest BCUT2D eigenvalue weighted by Gasteiger charge is 2.55. The maximum absolute atomic E-state index is 13.0. The molecule has 1 aromatic carbocycles. The van der Waals surface area contributed by atoms with Crippen molar-refractivity contribution in [2.45, 2.75) is 31.7 Å². The Bertz CT molecular complexity index is 898. The number of carbonyl (C=O) groups excluding carboxylic acids is 3. The van der Waals surface area contributed by atoms with Crippen LogP contribution in [0.5, 0.6) is 0 Å². The Hall–Kier alpha value is -3.03. The maximum Gasteiger partial charge on any atom is 0.392 e. The lowest BCUT2D eigenvalue weighted by molar-refractivity contribution is -0.531. The minimum atomic E-state index is -0.756. The van der Waals surface area contributed by atoms with E-state index in [4.69, 9.17) is 4.99 Å². The van der Waals surface area contributed by atoms with Crippen LogP contribution >= 0.6 is 0 Å². The average Bonchev–Trinajstić information content (AvgIpc) is 2.91. The number of amides is 3. The number of ketones is 1. The van der Waals surface area contributed by atoms with Crippen molar-refractivity contribution in [3.8, 4) is 0 Å². The molecule has 8 heteroatoms. The van der Waals surface area contributed by atoms with Gasteiger partial charge in [-0.05, 0) is 12.8 Å². The van der Waals surface area contributed by atoms with Crippen LogP contribution in [0.25, 0.3) is 0 Å². The molecule has 1 atom stereocenters. The molecular formula is C21H26N5O3+. The van der Waals surface area contributed by atoms with Crippen LogP contribution in [0.4, 0.5) is 4.79 Å². The molecule has 4 rings (SSSR count). The van der Waals surface area contributed by atoms with Crippen LogP contribution in [0, 0.1) is 0 Å². The van der Waals surface area contributed by atoms with E-state index in [2.05, 4.69) is 4.58 Å². The Balaban J connectivity index is 1.74. The molecule has 3 aliphatic rings.